The van der Waals surface area contributed by atoms with E-state index in [2.05, 4.69) is 22.8 Å². The average Bonchev–Trinajstić information content (AvgIpc) is 2.95. The lowest BCUT2D eigenvalue weighted by molar-refractivity contribution is 0.105. The molecule has 0 radical (unpaired) electrons. The largest absolute Gasteiger partial charge is 0.450 e. The smallest absolute Gasteiger partial charge is 0.409 e. The molecule has 0 aromatic carbocycles. The Bertz CT molecular complexity index is 508. The predicted octanol–water partition coefficient (Wildman–Crippen LogP) is 1.06. The van der Waals surface area contributed by atoms with Gasteiger partial charge in [0.1, 0.15) is 0 Å². The quantitative estimate of drug-likeness (QED) is 0.797. The number of nitrogens with two attached hydrogens (primary N) is 1. The first-order valence-corrected chi connectivity index (χ1v) is 7.76. The van der Waals surface area contributed by atoms with E-state index < -0.39 is 10.8 Å². The molecule has 1 aliphatic heterocycles. The lowest BCUT2D eigenvalue weighted by Gasteiger charge is -2.33. The van der Waals surface area contributed by atoms with E-state index in [1.165, 1.54) is 0 Å². The van der Waals surface area contributed by atoms with E-state index in [0.29, 0.717) is 44.6 Å². The lowest BCUT2D eigenvalue weighted by atomic mass is 10.0. The van der Waals surface area contributed by atoms with Gasteiger partial charge in [-0.05, 0) is 25.9 Å². The summed E-state index contributed by atoms with van der Waals surface area (Å²) in [6, 6.07) is -0.446. The van der Waals surface area contributed by atoms with Gasteiger partial charge in [0.25, 0.3) is 5.95 Å². The normalized spacial score (nSPS) is 17.5. The van der Waals surface area contributed by atoms with Crippen LogP contribution < -0.4 is 10.6 Å². The monoisotopic (exact) mass is 329 g/mol. The number of carbonyl (C=O) groups excluding carboxylic acids is 1. The highest BCUT2D eigenvalue weighted by Gasteiger charge is 2.30. The van der Waals surface area contributed by atoms with Crippen molar-refractivity contribution in [1.82, 2.24) is 15.0 Å². The van der Waals surface area contributed by atoms with Crippen molar-refractivity contribution < 1.29 is 14.1 Å². The average molecular weight is 329 g/mol. The highest BCUT2D eigenvalue weighted by atomic mass is 32.1. The molecule has 22 heavy (non-hydrogen) atoms. The van der Waals surface area contributed by atoms with Crippen LogP contribution in [0.3, 0.4) is 0 Å². The number of amides is 1. The Morgan fingerprint density at radius 3 is 2.64 bits per heavy atom. The maximum Gasteiger partial charge on any atom is 0.409 e. The minimum absolute atomic E-state index is 0.283. The zero-order valence-corrected chi connectivity index (χ0v) is 14.0. The molecule has 1 amide bonds. The standard InChI is InChI=1S/C13H23N5O3S/c1-4-20-12(19)18-7-5-17(6-8-18)11-15-10(21-16-11)9(14)13(2,3)22/h9,22H,4-8,14H2,1-3H3/t9-/m0/s1. The Kier molecular flexibility index (Phi) is 5.17. The van der Waals surface area contributed by atoms with E-state index in [9.17, 15) is 4.79 Å². The fourth-order valence-electron chi connectivity index (χ4n) is 2.09. The minimum atomic E-state index is -0.452. The van der Waals surface area contributed by atoms with E-state index >= 15 is 0 Å². The Labute approximate surface area is 135 Å². The summed E-state index contributed by atoms with van der Waals surface area (Å²) < 4.78 is 9.77. The van der Waals surface area contributed by atoms with Gasteiger partial charge in [-0.3, -0.25) is 0 Å². The van der Waals surface area contributed by atoms with Crippen molar-refractivity contribution >= 4 is 24.7 Å². The van der Waals surface area contributed by atoms with Crippen molar-refractivity contribution in [3.8, 4) is 0 Å². The third kappa shape index (κ3) is 3.83. The molecule has 0 bridgehead atoms. The first-order valence-electron chi connectivity index (χ1n) is 7.31. The van der Waals surface area contributed by atoms with Gasteiger partial charge in [-0.15, -0.1) is 0 Å². The van der Waals surface area contributed by atoms with Crippen LogP contribution in [-0.2, 0) is 4.74 Å². The van der Waals surface area contributed by atoms with E-state index in [0.717, 1.165) is 0 Å². The third-order valence-electron chi connectivity index (χ3n) is 3.55. The molecule has 8 nitrogen and oxygen atoms in total. The fraction of sp³-hybridized carbons (Fsp3) is 0.769. The Hall–Kier alpha value is -1.48. The number of ether oxygens (including phenoxy) is 1. The van der Waals surface area contributed by atoms with Crippen LogP contribution in [0.25, 0.3) is 0 Å². The molecule has 2 rings (SSSR count). The number of rotatable bonds is 4. The molecular weight excluding hydrogens is 306 g/mol. The molecule has 1 aliphatic rings. The molecule has 2 N–H and O–H groups in total. The maximum atomic E-state index is 11.7. The molecule has 1 aromatic heterocycles. The zero-order chi connectivity index (χ0) is 16.3. The molecule has 124 valence electrons. The molecule has 1 fully saturated rings. The van der Waals surface area contributed by atoms with Crippen LogP contribution in [0.2, 0.25) is 0 Å². The number of aromatic nitrogens is 2. The second-order valence-corrected chi connectivity index (χ2v) is 6.89. The summed E-state index contributed by atoms with van der Waals surface area (Å²) in [5.74, 6) is 0.856. The number of hydrogen-bond donors (Lipinski definition) is 2. The molecule has 0 aliphatic carbocycles. The second-order valence-electron chi connectivity index (χ2n) is 5.74. The third-order valence-corrected chi connectivity index (χ3v) is 3.82. The van der Waals surface area contributed by atoms with E-state index in [-0.39, 0.29) is 6.09 Å². The summed E-state index contributed by atoms with van der Waals surface area (Å²) in [4.78, 5) is 19.6. The molecule has 0 unspecified atom stereocenters. The van der Waals surface area contributed by atoms with Gasteiger partial charge >= 0.3 is 6.09 Å². The van der Waals surface area contributed by atoms with E-state index in [4.69, 9.17) is 15.0 Å². The number of anilines is 1. The summed E-state index contributed by atoms with van der Waals surface area (Å²) in [5.41, 5.74) is 6.05. The fourth-order valence-corrected chi connectivity index (χ4v) is 2.20. The van der Waals surface area contributed by atoms with Crippen molar-refractivity contribution in [2.24, 2.45) is 5.73 Å². The van der Waals surface area contributed by atoms with Gasteiger partial charge in [-0.1, -0.05) is 0 Å². The Morgan fingerprint density at radius 2 is 2.09 bits per heavy atom. The van der Waals surface area contributed by atoms with Crippen LogP contribution in [-0.4, -0.2) is 58.7 Å². The zero-order valence-electron chi connectivity index (χ0n) is 13.2. The maximum absolute atomic E-state index is 11.7. The van der Waals surface area contributed by atoms with Gasteiger partial charge in [-0.2, -0.15) is 17.6 Å². The molecule has 9 heteroatoms. The molecule has 0 saturated carbocycles. The van der Waals surface area contributed by atoms with E-state index in [1.54, 1.807) is 11.8 Å². The number of thiol groups is 1. The number of hydrogen-bond acceptors (Lipinski definition) is 8. The minimum Gasteiger partial charge on any atom is -0.450 e. The molecule has 1 saturated heterocycles. The molecule has 1 atom stereocenters. The number of piperazine rings is 1. The first-order chi connectivity index (χ1) is 10.3. The van der Waals surface area contributed by atoms with E-state index in [1.807, 2.05) is 18.7 Å². The molecule has 1 aromatic rings. The summed E-state index contributed by atoms with van der Waals surface area (Å²) in [6.45, 7) is 8.32. The van der Waals surface area contributed by atoms with Crippen molar-refractivity contribution in [2.75, 3.05) is 37.7 Å². The van der Waals surface area contributed by atoms with Crippen LogP contribution in [0.1, 0.15) is 32.7 Å². The van der Waals surface area contributed by atoms with Crippen LogP contribution in [0.4, 0.5) is 10.7 Å². The molecule has 2 heterocycles. The Morgan fingerprint density at radius 1 is 1.45 bits per heavy atom. The molecular formula is C13H23N5O3S. The van der Waals surface area contributed by atoms with Crippen molar-refractivity contribution in [3.63, 3.8) is 0 Å². The number of carbonyl (C=O) groups is 1. The topological polar surface area (TPSA) is 97.7 Å². The first kappa shape index (κ1) is 16.9. The summed E-state index contributed by atoms with van der Waals surface area (Å²) in [5, 5.41) is 3.97. The van der Waals surface area contributed by atoms with Crippen LogP contribution >= 0.6 is 12.6 Å². The predicted molar refractivity (Wildman–Crippen MR) is 85.1 cm³/mol. The van der Waals surface area contributed by atoms with Crippen LogP contribution in [0.15, 0.2) is 4.52 Å². The molecule has 0 spiro atoms. The highest BCUT2D eigenvalue weighted by molar-refractivity contribution is 7.81. The summed E-state index contributed by atoms with van der Waals surface area (Å²) in [7, 11) is 0. The van der Waals surface area contributed by atoms with Gasteiger partial charge in [0.2, 0.25) is 5.89 Å². The summed E-state index contributed by atoms with van der Waals surface area (Å²) in [6.07, 6.45) is -0.283. The van der Waals surface area contributed by atoms with Crippen molar-refractivity contribution in [2.45, 2.75) is 31.6 Å². The SMILES string of the molecule is CCOC(=O)N1CCN(c2noc([C@H](N)C(C)(C)S)n2)CC1. The van der Waals surface area contributed by atoms with Crippen LogP contribution in [0, 0.1) is 0 Å². The Balaban J connectivity index is 1.95. The second kappa shape index (κ2) is 6.74. The van der Waals surface area contributed by atoms with Gasteiger partial charge in [0.05, 0.1) is 12.6 Å². The summed E-state index contributed by atoms with van der Waals surface area (Å²) >= 11 is 4.43. The number of nitrogens with zero attached hydrogens (tertiary/aromatic N) is 4. The van der Waals surface area contributed by atoms with Crippen LogP contribution in [0.5, 0.6) is 0 Å². The lowest BCUT2D eigenvalue weighted by Crippen LogP contribution is -2.49. The van der Waals surface area contributed by atoms with Gasteiger partial charge in [0, 0.05) is 30.9 Å². The van der Waals surface area contributed by atoms with Crippen molar-refractivity contribution in [1.29, 1.82) is 0 Å². The van der Waals surface area contributed by atoms with Gasteiger partial charge in [-0.25, -0.2) is 4.79 Å². The highest BCUT2D eigenvalue weighted by Crippen LogP contribution is 2.28. The van der Waals surface area contributed by atoms with Crippen molar-refractivity contribution in [3.05, 3.63) is 5.89 Å². The van der Waals surface area contributed by atoms with Gasteiger partial charge < -0.3 is 24.8 Å². The van der Waals surface area contributed by atoms with Gasteiger partial charge in [0.15, 0.2) is 0 Å².